The van der Waals surface area contributed by atoms with E-state index in [1.54, 1.807) is 18.4 Å². The van der Waals surface area contributed by atoms with E-state index in [-0.39, 0.29) is 14.9 Å². The number of thiophene rings is 1. The Morgan fingerprint density at radius 3 is 2.80 bits per heavy atom. The molecule has 0 aromatic carbocycles. The van der Waals surface area contributed by atoms with Crippen LogP contribution in [0.2, 0.25) is 0 Å². The van der Waals surface area contributed by atoms with Gasteiger partial charge in [0, 0.05) is 25.3 Å². The van der Waals surface area contributed by atoms with Crippen LogP contribution in [0.4, 0.5) is 10.7 Å². The van der Waals surface area contributed by atoms with Crippen molar-refractivity contribution in [1.29, 1.82) is 0 Å². The standard InChI is InChI=1S/C11H12N2O5S2/c1-20(16,17)10-7-9(13(14)15)11(19-10)12-5-4-8-3-2-6-18-8/h2-3,6-7,12H,4-5H2,1H3. The molecule has 2 heterocycles. The van der Waals surface area contributed by atoms with Gasteiger partial charge in [0.1, 0.15) is 9.97 Å². The lowest BCUT2D eigenvalue weighted by Gasteiger charge is -2.01. The van der Waals surface area contributed by atoms with Gasteiger partial charge in [0.05, 0.1) is 11.2 Å². The third-order valence-corrected chi connectivity index (χ3v) is 5.37. The van der Waals surface area contributed by atoms with Crippen molar-refractivity contribution in [3.05, 3.63) is 40.3 Å². The molecule has 0 radical (unpaired) electrons. The molecule has 0 atom stereocenters. The summed E-state index contributed by atoms with van der Waals surface area (Å²) in [6, 6.07) is 4.63. The Morgan fingerprint density at radius 1 is 1.50 bits per heavy atom. The number of anilines is 1. The van der Waals surface area contributed by atoms with Crippen molar-refractivity contribution in [2.45, 2.75) is 10.6 Å². The fraction of sp³-hybridized carbons (Fsp3) is 0.273. The molecule has 9 heteroatoms. The van der Waals surface area contributed by atoms with Gasteiger partial charge in [-0.2, -0.15) is 0 Å². The maximum atomic E-state index is 11.4. The van der Waals surface area contributed by atoms with E-state index in [2.05, 4.69) is 5.32 Å². The molecule has 0 aliphatic rings. The molecule has 108 valence electrons. The van der Waals surface area contributed by atoms with Crippen molar-refractivity contribution in [2.75, 3.05) is 18.1 Å². The second kappa shape index (κ2) is 5.63. The van der Waals surface area contributed by atoms with Gasteiger partial charge in [-0.05, 0) is 12.1 Å². The second-order valence-electron chi connectivity index (χ2n) is 4.07. The Balaban J connectivity index is 2.13. The molecule has 2 rings (SSSR count). The Bertz CT molecular complexity index is 703. The first kappa shape index (κ1) is 14.5. The van der Waals surface area contributed by atoms with Crippen molar-refractivity contribution < 1.29 is 17.8 Å². The van der Waals surface area contributed by atoms with Gasteiger partial charge in [-0.25, -0.2) is 8.42 Å². The minimum atomic E-state index is -3.45. The molecule has 0 unspecified atom stereocenters. The number of nitrogens with one attached hydrogen (secondary N) is 1. The summed E-state index contributed by atoms with van der Waals surface area (Å²) >= 11 is 0.861. The first-order valence-corrected chi connectivity index (χ1v) is 8.33. The van der Waals surface area contributed by atoms with Gasteiger partial charge < -0.3 is 9.73 Å². The fourth-order valence-electron chi connectivity index (χ4n) is 1.56. The minimum Gasteiger partial charge on any atom is -0.469 e. The molecule has 0 spiro atoms. The Hall–Kier alpha value is -1.87. The van der Waals surface area contributed by atoms with Crippen LogP contribution in [-0.4, -0.2) is 26.1 Å². The van der Waals surface area contributed by atoms with Crippen LogP contribution in [0.1, 0.15) is 5.76 Å². The number of nitro groups is 1. The van der Waals surface area contributed by atoms with E-state index in [0.29, 0.717) is 13.0 Å². The van der Waals surface area contributed by atoms with E-state index in [1.807, 2.05) is 0 Å². The zero-order valence-corrected chi connectivity index (χ0v) is 12.2. The van der Waals surface area contributed by atoms with Gasteiger partial charge in [-0.3, -0.25) is 10.1 Å². The summed E-state index contributed by atoms with van der Waals surface area (Å²) in [6.45, 7) is 0.415. The highest BCUT2D eigenvalue weighted by atomic mass is 32.2. The lowest BCUT2D eigenvalue weighted by molar-refractivity contribution is -0.383. The largest absolute Gasteiger partial charge is 0.469 e. The summed E-state index contributed by atoms with van der Waals surface area (Å²) < 4.78 is 28.0. The van der Waals surface area contributed by atoms with Gasteiger partial charge in [0.15, 0.2) is 14.8 Å². The van der Waals surface area contributed by atoms with Crippen LogP contribution in [0.25, 0.3) is 0 Å². The summed E-state index contributed by atoms with van der Waals surface area (Å²) in [5.74, 6) is 0.750. The molecular formula is C11H12N2O5S2. The molecule has 20 heavy (non-hydrogen) atoms. The van der Waals surface area contributed by atoms with Crippen molar-refractivity contribution in [3.8, 4) is 0 Å². The van der Waals surface area contributed by atoms with Crippen LogP contribution < -0.4 is 5.32 Å². The van der Waals surface area contributed by atoms with E-state index in [0.717, 1.165) is 29.4 Å². The highest BCUT2D eigenvalue weighted by molar-refractivity contribution is 7.92. The molecule has 2 aromatic heterocycles. The second-order valence-corrected chi connectivity index (χ2v) is 7.36. The monoisotopic (exact) mass is 316 g/mol. The van der Waals surface area contributed by atoms with E-state index in [9.17, 15) is 18.5 Å². The first-order chi connectivity index (χ1) is 9.38. The average Bonchev–Trinajstić information content (AvgIpc) is 2.96. The number of hydrogen-bond donors (Lipinski definition) is 1. The van der Waals surface area contributed by atoms with Crippen molar-refractivity contribution in [2.24, 2.45) is 0 Å². The highest BCUT2D eigenvalue weighted by Crippen LogP contribution is 2.36. The third-order valence-electron chi connectivity index (χ3n) is 2.49. The topological polar surface area (TPSA) is 102 Å². The van der Waals surface area contributed by atoms with Gasteiger partial charge in [0.2, 0.25) is 0 Å². The predicted molar refractivity (Wildman–Crippen MR) is 75.0 cm³/mol. The lowest BCUT2D eigenvalue weighted by atomic mass is 10.3. The average molecular weight is 316 g/mol. The molecule has 0 saturated carbocycles. The van der Waals surface area contributed by atoms with Crippen molar-refractivity contribution in [3.63, 3.8) is 0 Å². The van der Waals surface area contributed by atoms with Crippen LogP contribution in [0.15, 0.2) is 33.1 Å². The van der Waals surface area contributed by atoms with E-state index in [1.165, 1.54) is 0 Å². The Morgan fingerprint density at radius 2 is 2.25 bits per heavy atom. The zero-order chi connectivity index (χ0) is 14.8. The van der Waals surface area contributed by atoms with Crippen LogP contribution >= 0.6 is 11.3 Å². The van der Waals surface area contributed by atoms with E-state index in [4.69, 9.17) is 4.42 Å². The quantitative estimate of drug-likeness (QED) is 0.648. The van der Waals surface area contributed by atoms with E-state index < -0.39 is 14.8 Å². The summed E-state index contributed by atoms with van der Waals surface area (Å²) in [5.41, 5.74) is -0.227. The Labute approximate surface area is 119 Å². The Kier molecular flexibility index (Phi) is 4.09. The summed E-state index contributed by atoms with van der Waals surface area (Å²) in [6.07, 6.45) is 3.12. The van der Waals surface area contributed by atoms with Crippen molar-refractivity contribution >= 4 is 31.9 Å². The number of rotatable bonds is 6. The molecule has 0 saturated heterocycles. The van der Waals surface area contributed by atoms with E-state index >= 15 is 0 Å². The summed E-state index contributed by atoms with van der Waals surface area (Å²) in [4.78, 5) is 10.3. The molecular weight excluding hydrogens is 304 g/mol. The molecule has 0 amide bonds. The number of hydrogen-bond acceptors (Lipinski definition) is 7. The van der Waals surface area contributed by atoms with Crippen molar-refractivity contribution in [1.82, 2.24) is 0 Å². The van der Waals surface area contributed by atoms with Crippen LogP contribution in [-0.2, 0) is 16.3 Å². The van der Waals surface area contributed by atoms with Crippen LogP contribution in [0, 0.1) is 10.1 Å². The maximum absolute atomic E-state index is 11.4. The van der Waals surface area contributed by atoms with Gasteiger partial charge in [-0.1, -0.05) is 11.3 Å². The van der Waals surface area contributed by atoms with Gasteiger partial charge >= 0.3 is 5.69 Å². The first-order valence-electron chi connectivity index (χ1n) is 5.62. The number of nitrogens with zero attached hydrogens (tertiary/aromatic N) is 1. The predicted octanol–water partition coefficient (Wildman–Crippen LogP) is 2.31. The van der Waals surface area contributed by atoms with Gasteiger partial charge in [-0.15, -0.1) is 0 Å². The summed E-state index contributed by atoms with van der Waals surface area (Å²) in [5, 5.41) is 14.0. The number of sulfone groups is 1. The molecule has 0 aliphatic carbocycles. The highest BCUT2D eigenvalue weighted by Gasteiger charge is 2.23. The smallest absolute Gasteiger partial charge is 0.304 e. The third kappa shape index (κ3) is 3.36. The zero-order valence-electron chi connectivity index (χ0n) is 10.5. The number of furan rings is 1. The molecule has 0 aliphatic heterocycles. The summed E-state index contributed by atoms with van der Waals surface area (Å²) in [7, 11) is -3.45. The molecule has 1 N–H and O–H groups in total. The maximum Gasteiger partial charge on any atom is 0.304 e. The molecule has 0 bridgehead atoms. The van der Waals surface area contributed by atoms with Crippen LogP contribution in [0.3, 0.4) is 0 Å². The van der Waals surface area contributed by atoms with Gasteiger partial charge in [0.25, 0.3) is 0 Å². The lowest BCUT2D eigenvalue weighted by Crippen LogP contribution is -2.04. The molecule has 2 aromatic rings. The SMILES string of the molecule is CS(=O)(=O)c1cc([N+](=O)[O-])c(NCCc2ccco2)s1. The van der Waals surface area contributed by atoms with Crippen LogP contribution in [0.5, 0.6) is 0 Å². The normalized spacial score (nSPS) is 11.4. The molecule has 7 nitrogen and oxygen atoms in total. The molecule has 0 fully saturated rings. The fourth-order valence-corrected chi connectivity index (χ4v) is 3.52. The minimum absolute atomic E-state index is 0.0234.